The Hall–Kier alpha value is -4.18. The highest BCUT2D eigenvalue weighted by Crippen LogP contribution is 2.70. The second kappa shape index (κ2) is 21.6. The van der Waals surface area contributed by atoms with Crippen molar-refractivity contribution < 1.29 is 48.7 Å². The highest BCUT2D eigenvalue weighted by Gasteiger charge is 2.67. The summed E-state index contributed by atoms with van der Waals surface area (Å²) in [5, 5.41) is 36.8. The van der Waals surface area contributed by atoms with Gasteiger partial charge >= 0.3 is 18.0 Å². The van der Waals surface area contributed by atoms with Gasteiger partial charge in [0.25, 0.3) is 0 Å². The van der Waals surface area contributed by atoms with Crippen molar-refractivity contribution in [3.8, 4) is 11.8 Å². The molecule has 7 saturated carbocycles. The number of Topliss-reactive ketones (excluding diaryl/α,β-unsaturated/α-hetero) is 1. The molecule has 2 unspecified atom stereocenters. The molecule has 0 saturated heterocycles. The van der Waals surface area contributed by atoms with E-state index in [0.29, 0.717) is 69.3 Å². The first-order valence-corrected chi connectivity index (χ1v) is 29.1. The molecule has 1 aromatic carbocycles. The predicted molar refractivity (Wildman–Crippen MR) is 289 cm³/mol. The smallest absolute Gasteiger partial charge is 0.407 e. The fraction of sp³-hybridized carbons (Fsp3) is 0.746. The minimum Gasteiger partial charge on any atom is -0.481 e. The van der Waals surface area contributed by atoms with Crippen molar-refractivity contribution in [1.29, 1.82) is 0 Å². The Morgan fingerprint density at radius 1 is 0.960 bits per heavy atom. The van der Waals surface area contributed by atoms with E-state index >= 15 is 0 Å². The normalized spacial score (nSPS) is 38.2. The largest absolute Gasteiger partial charge is 0.481 e. The van der Waals surface area contributed by atoms with Gasteiger partial charge in [-0.1, -0.05) is 57.4 Å². The number of fused-ring (bicyclic) bond motifs is 9. The number of esters is 1. The van der Waals surface area contributed by atoms with E-state index in [1.54, 1.807) is 0 Å². The number of carbonyl (C=O) groups is 4. The van der Waals surface area contributed by atoms with E-state index in [2.05, 4.69) is 87.1 Å². The van der Waals surface area contributed by atoms with Gasteiger partial charge in [-0.05, 0) is 199 Å². The monoisotopic (exact) mass is 1030 g/mol. The highest BCUT2D eigenvalue weighted by molar-refractivity contribution is 5.85. The van der Waals surface area contributed by atoms with Crippen molar-refractivity contribution in [2.45, 2.75) is 206 Å². The Morgan fingerprint density at radius 2 is 1.72 bits per heavy atom. The van der Waals surface area contributed by atoms with Crippen molar-refractivity contribution in [3.05, 3.63) is 52.6 Å². The van der Waals surface area contributed by atoms with Crippen LogP contribution < -0.4 is 10.2 Å². The Kier molecular flexibility index (Phi) is 16.0. The summed E-state index contributed by atoms with van der Waals surface area (Å²) in [6, 6.07) is 9.04. The summed E-state index contributed by atoms with van der Waals surface area (Å²) >= 11 is 0. The zero-order valence-corrected chi connectivity index (χ0v) is 46.8. The van der Waals surface area contributed by atoms with Crippen molar-refractivity contribution >= 4 is 29.5 Å². The summed E-state index contributed by atoms with van der Waals surface area (Å²) in [7, 11) is 2.12. The Bertz CT molecular complexity index is 2450. The van der Waals surface area contributed by atoms with Crippen LogP contribution in [0.25, 0.3) is 0 Å². The summed E-state index contributed by atoms with van der Waals surface area (Å²) in [6.45, 7) is 18.0. The van der Waals surface area contributed by atoms with Crippen LogP contribution >= 0.6 is 0 Å². The number of hydrogen-bond acceptors (Lipinski definition) is 10. The number of likely N-dealkylation sites (N-methyl/N-ethyl adjacent to an activating group) is 1. The van der Waals surface area contributed by atoms with Crippen LogP contribution in [0.5, 0.6) is 0 Å². The van der Waals surface area contributed by atoms with Crippen LogP contribution in [0.2, 0.25) is 0 Å². The lowest BCUT2D eigenvalue weighted by Crippen LogP contribution is -2.63. The number of ketones is 1. The molecule has 9 rings (SSSR count). The number of carboxylic acid groups (broad SMARTS) is 1. The number of hydrogen-bond donors (Lipinski definition) is 4. The van der Waals surface area contributed by atoms with Gasteiger partial charge in [-0.25, -0.2) is 4.79 Å². The molecule has 1 aromatic rings. The number of aliphatic carboxylic acids is 1. The number of aliphatic hydroxyl groups excluding tert-OH is 1. The number of allylic oxidation sites excluding steroid dienone is 4. The Balaban J connectivity index is 0.865. The van der Waals surface area contributed by atoms with Crippen molar-refractivity contribution in [3.63, 3.8) is 0 Å². The third-order valence-electron chi connectivity index (χ3n) is 21.5. The van der Waals surface area contributed by atoms with Crippen LogP contribution in [0, 0.1) is 75.4 Å². The Labute approximate surface area is 447 Å². The maximum Gasteiger partial charge on any atom is 0.407 e. The summed E-state index contributed by atoms with van der Waals surface area (Å²) in [5.41, 5.74) is 4.10. The van der Waals surface area contributed by atoms with Crippen LogP contribution in [-0.2, 0) is 28.6 Å². The lowest BCUT2D eigenvalue weighted by molar-refractivity contribution is -0.219. The summed E-state index contributed by atoms with van der Waals surface area (Å²) < 4.78 is 18.8. The lowest BCUT2D eigenvalue weighted by atomic mass is 9.43. The molecule has 0 heterocycles. The molecule has 16 atom stereocenters. The minimum absolute atomic E-state index is 0.0597. The Morgan fingerprint density at radius 3 is 2.44 bits per heavy atom. The van der Waals surface area contributed by atoms with Crippen LogP contribution in [-0.4, -0.2) is 95.4 Å². The molecular formula is C63H90N2O10. The summed E-state index contributed by atoms with van der Waals surface area (Å²) in [6.07, 6.45) is 13.7. The van der Waals surface area contributed by atoms with Crippen LogP contribution in [0.3, 0.4) is 0 Å². The molecule has 75 heavy (non-hydrogen) atoms. The number of carbonyl (C=O) groups excluding carboxylic acids is 3. The molecule has 412 valence electrons. The zero-order valence-electron chi connectivity index (χ0n) is 46.8. The predicted octanol–water partition coefficient (Wildman–Crippen LogP) is 11.1. The summed E-state index contributed by atoms with van der Waals surface area (Å²) in [5.74, 6) is 7.44. The molecule has 12 heteroatoms. The molecule has 0 aromatic heterocycles. The second-order valence-corrected chi connectivity index (χ2v) is 26.6. The van der Waals surface area contributed by atoms with Gasteiger partial charge < -0.3 is 39.7 Å². The average Bonchev–Trinajstić information content (AvgIpc) is 3.85. The number of aliphatic hydroxyl groups is 2. The number of alkyl carbamates (subject to hydrolysis) is 1. The molecule has 4 N–H and O–H groups in total. The molecule has 0 bridgehead atoms. The number of anilines is 1. The van der Waals surface area contributed by atoms with Gasteiger partial charge in [-0.15, -0.1) is 5.92 Å². The van der Waals surface area contributed by atoms with E-state index in [1.807, 2.05) is 27.7 Å². The molecule has 7 fully saturated rings. The molecule has 0 radical (unpaired) electrons. The second-order valence-electron chi connectivity index (χ2n) is 26.6. The van der Waals surface area contributed by atoms with Crippen LogP contribution in [0.15, 0.2) is 47.1 Å². The lowest BCUT2D eigenvalue weighted by Gasteiger charge is -2.64. The fourth-order valence-electron chi connectivity index (χ4n) is 17.6. The van der Waals surface area contributed by atoms with E-state index < -0.39 is 34.8 Å². The molecule has 8 aliphatic carbocycles. The number of nitrogens with one attached hydrogen (secondary N) is 1. The number of ether oxygens (including phenoxy) is 3. The van der Waals surface area contributed by atoms with Gasteiger partial charge in [-0.2, -0.15) is 0 Å². The van der Waals surface area contributed by atoms with Crippen LogP contribution in [0.4, 0.5) is 10.5 Å². The SMILES string of the molecule is CC#C[C@]1(O)CCC2C3CC=C4CC(=O)CCC4=C3[C@@H](c3ccc(N(C)CCO[C@H]4CC[C@@]5(C)[C@@H](C4)C[C@@H](OC(=O)CCCNC(=O)OC(C)(C)C)[C@@H]4[C@@H]5C[C@H](O)[C@]5(C)[C@@H]([C@H](C)CCC(=O)O)CC[C@@H]45)cc3)C[C@@]21C. The van der Waals surface area contributed by atoms with Gasteiger partial charge in [0.2, 0.25) is 0 Å². The zero-order chi connectivity index (χ0) is 53.8. The molecule has 12 nitrogen and oxygen atoms in total. The number of nitrogens with zero attached hydrogens (tertiary/aromatic N) is 1. The van der Waals surface area contributed by atoms with Gasteiger partial charge in [0.15, 0.2) is 0 Å². The summed E-state index contributed by atoms with van der Waals surface area (Å²) in [4.78, 5) is 52.7. The molecule has 0 aliphatic heterocycles. The maximum atomic E-state index is 13.8. The van der Waals surface area contributed by atoms with E-state index in [-0.39, 0.29) is 83.3 Å². The quantitative estimate of drug-likeness (QED) is 0.0748. The number of benzene rings is 1. The maximum absolute atomic E-state index is 13.8. The molecule has 1 amide bonds. The van der Waals surface area contributed by atoms with E-state index in [1.165, 1.54) is 22.3 Å². The van der Waals surface area contributed by atoms with E-state index in [4.69, 9.17) is 14.2 Å². The molecule has 8 aliphatic rings. The first-order chi connectivity index (χ1) is 35.5. The van der Waals surface area contributed by atoms with Gasteiger partial charge in [-0.3, -0.25) is 14.4 Å². The standard InChI is InChI=1S/C63H90N2O10/c1-10-27-63(72)29-26-49-46-20-16-40-33-43(66)19-21-45(40)56(46)47(37-61(49,63)7)39-14-17-42(18-15-39)65(9)31-32-73-44-25-28-60(6)41(34-44)35-52(74-55(70)12-11-30-64-58(71)75-59(3,4)5)57-50-23-22-48(38(2)13-24-54(68)69)62(50,8)53(67)36-51(57)60/h14-18,38,41,44,46-53,57,67,72H,11-13,19-26,28-37H2,1-9H3,(H,64,71)(H,68,69)/t38-,41+,44+,46?,47-,48-,49?,50+,51+,52-,53+,57+,60+,61+,62-,63+/m1/s1. The molecule has 0 spiro atoms. The average molecular weight is 1040 g/mol. The van der Waals surface area contributed by atoms with Crippen molar-refractivity contribution in [2.24, 2.45) is 63.6 Å². The van der Waals surface area contributed by atoms with Crippen LogP contribution in [0.1, 0.15) is 182 Å². The first-order valence-electron chi connectivity index (χ1n) is 29.1. The van der Waals surface area contributed by atoms with Crippen molar-refractivity contribution in [1.82, 2.24) is 5.32 Å². The van der Waals surface area contributed by atoms with E-state index in [9.17, 15) is 34.5 Å². The minimum atomic E-state index is -1.02. The van der Waals surface area contributed by atoms with Crippen molar-refractivity contribution in [2.75, 3.05) is 31.6 Å². The number of rotatable bonds is 15. The highest BCUT2D eigenvalue weighted by atomic mass is 16.6. The fourth-order valence-corrected chi connectivity index (χ4v) is 17.6. The topological polar surface area (TPSA) is 172 Å². The number of carboxylic acids is 1. The van der Waals surface area contributed by atoms with Gasteiger partial charge in [0.05, 0.1) is 18.8 Å². The molecular weight excluding hydrogens is 945 g/mol. The van der Waals surface area contributed by atoms with Gasteiger partial charge in [0.1, 0.15) is 23.1 Å². The van der Waals surface area contributed by atoms with E-state index in [0.717, 1.165) is 76.4 Å². The third kappa shape index (κ3) is 10.6. The number of amides is 1. The third-order valence-corrected chi connectivity index (χ3v) is 21.5. The first kappa shape index (κ1) is 55.6. The van der Waals surface area contributed by atoms with Gasteiger partial charge in [0, 0.05) is 68.8 Å².